The molecule has 0 atom stereocenters. The van der Waals surface area contributed by atoms with Crippen molar-refractivity contribution in [1.82, 2.24) is 19.1 Å². The number of piperidine rings is 1. The Morgan fingerprint density at radius 1 is 1.36 bits per heavy atom. The zero-order chi connectivity index (χ0) is 20.2. The van der Waals surface area contributed by atoms with Gasteiger partial charge in [-0.05, 0) is 30.9 Å². The van der Waals surface area contributed by atoms with Crippen LogP contribution in [0, 0.1) is 5.92 Å². The Morgan fingerprint density at radius 3 is 2.43 bits per heavy atom. The van der Waals surface area contributed by atoms with Crippen molar-refractivity contribution in [2.75, 3.05) is 33.7 Å². The molecule has 0 radical (unpaired) electrons. The lowest BCUT2D eigenvalue weighted by atomic mass is 9.98. The Bertz CT molecular complexity index is 759. The van der Waals surface area contributed by atoms with E-state index in [0.717, 1.165) is 5.69 Å². The van der Waals surface area contributed by atoms with E-state index in [1.54, 1.807) is 7.05 Å². The van der Waals surface area contributed by atoms with E-state index in [-0.39, 0.29) is 43.0 Å². The van der Waals surface area contributed by atoms with Gasteiger partial charge < -0.3 is 14.8 Å². The first-order valence-electron chi connectivity index (χ1n) is 8.64. The standard InChI is InChI=1S/C16H26F3N5O2S.HI/c1-20-15(23(3)12-14-5-4-8-22(14)2)21-11-13-6-9-24(10-7-13)27(25,26)16(17,18)19;/h4-5,8,13H,6-7,9-12H2,1-3H3,(H,20,21);1H. The molecule has 162 valence electrons. The number of aliphatic imine (C=N–C) groups is 1. The number of hydrogen-bond acceptors (Lipinski definition) is 3. The van der Waals surface area contributed by atoms with Crippen LogP contribution in [0.1, 0.15) is 18.5 Å². The second-order valence-corrected chi connectivity index (χ2v) is 8.62. The van der Waals surface area contributed by atoms with E-state index in [2.05, 4.69) is 10.3 Å². The summed E-state index contributed by atoms with van der Waals surface area (Å²) in [5.74, 6) is 0.770. The van der Waals surface area contributed by atoms with Crippen molar-refractivity contribution in [3.05, 3.63) is 24.0 Å². The molecule has 2 heterocycles. The van der Waals surface area contributed by atoms with Crippen LogP contribution >= 0.6 is 24.0 Å². The van der Waals surface area contributed by atoms with Crippen LogP contribution in [-0.2, 0) is 23.6 Å². The number of rotatable bonds is 5. The number of sulfonamides is 1. The second kappa shape index (κ2) is 10.1. The summed E-state index contributed by atoms with van der Waals surface area (Å²) in [4.78, 5) is 6.19. The zero-order valence-corrected chi connectivity index (χ0v) is 19.3. The normalized spacial score (nSPS) is 17.3. The molecule has 0 spiro atoms. The first-order valence-corrected chi connectivity index (χ1v) is 10.1. The van der Waals surface area contributed by atoms with E-state index >= 15 is 0 Å². The molecule has 0 bridgehead atoms. The highest BCUT2D eigenvalue weighted by Crippen LogP contribution is 2.30. The highest BCUT2D eigenvalue weighted by molar-refractivity contribution is 14.0. The first-order chi connectivity index (χ1) is 12.6. The summed E-state index contributed by atoms with van der Waals surface area (Å²) >= 11 is 0. The van der Waals surface area contributed by atoms with Crippen LogP contribution in [0.5, 0.6) is 0 Å². The molecule has 1 fully saturated rings. The molecule has 0 unspecified atom stereocenters. The maximum Gasteiger partial charge on any atom is 0.511 e. The number of nitrogens with zero attached hydrogens (tertiary/aromatic N) is 4. The van der Waals surface area contributed by atoms with Crippen molar-refractivity contribution < 1.29 is 21.6 Å². The molecule has 1 aromatic rings. The minimum atomic E-state index is -5.24. The third-order valence-corrected chi connectivity index (χ3v) is 6.41. The molecule has 1 aliphatic rings. The molecule has 0 amide bonds. The molecule has 1 aromatic heterocycles. The summed E-state index contributed by atoms with van der Waals surface area (Å²) in [7, 11) is 0.306. The zero-order valence-electron chi connectivity index (χ0n) is 16.1. The second-order valence-electron chi connectivity index (χ2n) is 6.69. The van der Waals surface area contributed by atoms with Gasteiger partial charge in [-0.2, -0.15) is 17.5 Å². The van der Waals surface area contributed by atoms with E-state index in [1.807, 2.05) is 41.9 Å². The minimum absolute atomic E-state index is 0. The van der Waals surface area contributed by atoms with Gasteiger partial charge in [-0.3, -0.25) is 4.99 Å². The van der Waals surface area contributed by atoms with Crippen LogP contribution in [0.2, 0.25) is 0 Å². The van der Waals surface area contributed by atoms with Crippen molar-refractivity contribution in [3.8, 4) is 0 Å². The maximum atomic E-state index is 12.6. The average molecular weight is 537 g/mol. The van der Waals surface area contributed by atoms with E-state index in [0.29, 0.717) is 36.2 Å². The summed E-state index contributed by atoms with van der Waals surface area (Å²) < 4.78 is 63.3. The Labute approximate surface area is 181 Å². The van der Waals surface area contributed by atoms with Gasteiger partial charge in [-0.25, -0.2) is 8.42 Å². The third-order valence-electron chi connectivity index (χ3n) is 4.78. The first kappa shape index (κ1) is 25.0. The Balaban J connectivity index is 0.00000392. The van der Waals surface area contributed by atoms with Crippen LogP contribution in [0.15, 0.2) is 23.3 Å². The van der Waals surface area contributed by atoms with Crippen LogP contribution in [0.4, 0.5) is 13.2 Å². The van der Waals surface area contributed by atoms with Gasteiger partial charge in [-0.15, -0.1) is 24.0 Å². The topological polar surface area (TPSA) is 69.9 Å². The summed E-state index contributed by atoms with van der Waals surface area (Å²) in [6.45, 7) is 0.952. The van der Waals surface area contributed by atoms with Crippen molar-refractivity contribution in [1.29, 1.82) is 0 Å². The molecule has 28 heavy (non-hydrogen) atoms. The average Bonchev–Trinajstić information content (AvgIpc) is 2.99. The van der Waals surface area contributed by atoms with Gasteiger partial charge in [0.2, 0.25) is 0 Å². The number of hydrogen-bond donors (Lipinski definition) is 1. The molecule has 0 aromatic carbocycles. The smallest absolute Gasteiger partial charge is 0.356 e. The van der Waals surface area contributed by atoms with E-state index < -0.39 is 15.5 Å². The number of alkyl halides is 3. The van der Waals surface area contributed by atoms with Crippen LogP contribution in [0.25, 0.3) is 0 Å². The van der Waals surface area contributed by atoms with E-state index in [1.165, 1.54) is 0 Å². The maximum absolute atomic E-state index is 12.6. The minimum Gasteiger partial charge on any atom is -0.356 e. The fraction of sp³-hybridized carbons (Fsp3) is 0.688. The summed E-state index contributed by atoms with van der Waals surface area (Å²) in [5.41, 5.74) is -4.12. The van der Waals surface area contributed by atoms with Gasteiger partial charge in [0.1, 0.15) is 0 Å². The Hall–Kier alpha value is -1.02. The summed E-state index contributed by atoms with van der Waals surface area (Å²) in [5, 5.41) is 3.23. The van der Waals surface area contributed by atoms with Crippen molar-refractivity contribution in [2.24, 2.45) is 18.0 Å². The third kappa shape index (κ3) is 5.99. The van der Waals surface area contributed by atoms with Gasteiger partial charge in [0.15, 0.2) is 5.96 Å². The van der Waals surface area contributed by atoms with Gasteiger partial charge in [0, 0.05) is 52.7 Å². The monoisotopic (exact) mass is 537 g/mol. The number of aromatic nitrogens is 1. The molecule has 1 N–H and O–H groups in total. The molecule has 7 nitrogen and oxygen atoms in total. The predicted molar refractivity (Wildman–Crippen MR) is 113 cm³/mol. The fourth-order valence-corrected chi connectivity index (χ4v) is 4.08. The highest BCUT2D eigenvalue weighted by Gasteiger charge is 2.50. The van der Waals surface area contributed by atoms with Gasteiger partial charge >= 0.3 is 15.5 Å². The van der Waals surface area contributed by atoms with Crippen LogP contribution in [0.3, 0.4) is 0 Å². The van der Waals surface area contributed by atoms with E-state index in [4.69, 9.17) is 0 Å². The molecule has 2 rings (SSSR count). The quantitative estimate of drug-likeness (QED) is 0.356. The van der Waals surface area contributed by atoms with Crippen LogP contribution in [-0.4, -0.2) is 67.4 Å². The molecule has 1 saturated heterocycles. The molecular formula is C16H27F3IN5O2S. The molecule has 0 aliphatic carbocycles. The van der Waals surface area contributed by atoms with Crippen molar-refractivity contribution in [3.63, 3.8) is 0 Å². The molecular weight excluding hydrogens is 510 g/mol. The largest absolute Gasteiger partial charge is 0.511 e. The lowest BCUT2D eigenvalue weighted by Crippen LogP contribution is -2.47. The molecule has 0 saturated carbocycles. The SMILES string of the molecule is CN=C(NCC1CCN(S(=O)(=O)C(F)(F)F)CC1)N(C)Cc1cccn1C.I. The molecule has 1 aliphatic heterocycles. The Morgan fingerprint density at radius 2 is 1.96 bits per heavy atom. The Kier molecular flexibility index (Phi) is 9.06. The highest BCUT2D eigenvalue weighted by atomic mass is 127. The number of nitrogens with one attached hydrogen (secondary N) is 1. The summed E-state index contributed by atoms with van der Waals surface area (Å²) in [6, 6.07) is 3.97. The van der Waals surface area contributed by atoms with Gasteiger partial charge in [0.25, 0.3) is 0 Å². The van der Waals surface area contributed by atoms with Gasteiger partial charge in [-0.1, -0.05) is 0 Å². The van der Waals surface area contributed by atoms with Gasteiger partial charge in [0.05, 0.1) is 6.54 Å². The lowest BCUT2D eigenvalue weighted by Gasteiger charge is -2.32. The lowest BCUT2D eigenvalue weighted by molar-refractivity contribution is -0.0496. The predicted octanol–water partition coefficient (Wildman–Crippen LogP) is 2.21. The van der Waals surface area contributed by atoms with E-state index in [9.17, 15) is 21.6 Å². The summed E-state index contributed by atoms with van der Waals surface area (Å²) in [6.07, 6.45) is 2.71. The number of halogens is 4. The van der Waals surface area contributed by atoms with Crippen LogP contribution < -0.4 is 5.32 Å². The number of guanidine groups is 1. The number of aryl methyl sites for hydroxylation is 1. The fourth-order valence-electron chi connectivity index (χ4n) is 3.10. The van der Waals surface area contributed by atoms with Crippen molar-refractivity contribution in [2.45, 2.75) is 24.9 Å². The molecule has 12 heteroatoms. The van der Waals surface area contributed by atoms with Crippen molar-refractivity contribution >= 4 is 40.0 Å².